The van der Waals surface area contributed by atoms with Crippen LogP contribution in [0.25, 0.3) is 0 Å². The SMILES string of the molecule is CCOO[Si](OOCC)(OOCC)OC(CC)N=C=O. The van der Waals surface area contributed by atoms with Crippen molar-refractivity contribution in [2.75, 3.05) is 19.8 Å². The summed E-state index contributed by atoms with van der Waals surface area (Å²) in [7, 11) is -3.92. The smallest absolute Gasteiger partial charge is 0.323 e. The van der Waals surface area contributed by atoms with Crippen molar-refractivity contribution in [3.63, 3.8) is 0 Å². The van der Waals surface area contributed by atoms with E-state index in [0.29, 0.717) is 6.42 Å². The number of carbonyl (C=O) groups excluding carboxylic acids is 1. The largest absolute Gasteiger partial charge is 0.766 e. The second kappa shape index (κ2) is 12.1. The van der Waals surface area contributed by atoms with E-state index in [0.717, 1.165) is 0 Å². The van der Waals surface area contributed by atoms with E-state index >= 15 is 0 Å². The molecule has 0 saturated heterocycles. The van der Waals surface area contributed by atoms with Crippen LogP contribution < -0.4 is 0 Å². The van der Waals surface area contributed by atoms with Crippen molar-refractivity contribution >= 4 is 15.1 Å². The molecule has 0 aromatic rings. The van der Waals surface area contributed by atoms with Crippen LogP contribution >= 0.6 is 0 Å². The molecule has 10 heteroatoms. The molecule has 0 heterocycles. The van der Waals surface area contributed by atoms with Gasteiger partial charge in [-0.15, -0.1) is 0 Å². The first-order valence-corrected chi connectivity index (χ1v) is 7.97. The van der Waals surface area contributed by atoms with Gasteiger partial charge in [-0.2, -0.15) is 18.7 Å². The second-order valence-corrected chi connectivity index (χ2v) is 4.91. The van der Waals surface area contributed by atoms with Crippen molar-refractivity contribution < 1.29 is 37.6 Å². The van der Waals surface area contributed by atoms with E-state index < -0.39 is 15.3 Å². The average molecular weight is 311 g/mol. The summed E-state index contributed by atoms with van der Waals surface area (Å²) in [5.41, 5.74) is 0. The fourth-order valence-corrected chi connectivity index (χ4v) is 2.46. The lowest BCUT2D eigenvalue weighted by Gasteiger charge is -2.25. The Balaban J connectivity index is 4.93. The van der Waals surface area contributed by atoms with Gasteiger partial charge in [0, 0.05) is 0 Å². The topological polar surface area (TPSA) is 94.0 Å². The van der Waals surface area contributed by atoms with E-state index in [1.165, 1.54) is 6.08 Å². The molecule has 1 unspecified atom stereocenters. The molecule has 0 aliphatic heterocycles. The number of hydrogen-bond donors (Lipinski definition) is 0. The average Bonchev–Trinajstić information content (AvgIpc) is 2.48. The van der Waals surface area contributed by atoms with Crippen LogP contribution in [0.2, 0.25) is 0 Å². The van der Waals surface area contributed by atoms with Crippen molar-refractivity contribution in [1.29, 1.82) is 0 Å². The Kier molecular flexibility index (Phi) is 11.7. The van der Waals surface area contributed by atoms with Gasteiger partial charge in [-0.05, 0) is 27.2 Å². The van der Waals surface area contributed by atoms with Crippen LogP contribution in [0.15, 0.2) is 4.99 Å². The van der Waals surface area contributed by atoms with Crippen molar-refractivity contribution in [3.8, 4) is 0 Å². The molecule has 0 N–H and O–H groups in total. The highest BCUT2D eigenvalue weighted by Gasteiger charge is 2.54. The molecule has 0 fully saturated rings. The zero-order chi connectivity index (χ0) is 15.3. The molecule has 0 aliphatic rings. The highest BCUT2D eigenvalue weighted by Crippen LogP contribution is 2.18. The first-order chi connectivity index (χ1) is 9.67. The lowest BCUT2D eigenvalue weighted by molar-refractivity contribution is -0.388. The van der Waals surface area contributed by atoms with Gasteiger partial charge in [-0.1, -0.05) is 6.92 Å². The van der Waals surface area contributed by atoms with E-state index in [-0.39, 0.29) is 19.8 Å². The van der Waals surface area contributed by atoms with E-state index in [9.17, 15) is 4.79 Å². The first-order valence-electron chi connectivity index (χ1n) is 6.34. The highest BCUT2D eigenvalue weighted by atomic mass is 28.4. The second-order valence-electron chi connectivity index (χ2n) is 3.17. The predicted octanol–water partition coefficient (Wildman–Crippen LogP) is 1.41. The number of aliphatic imine (C=N–C) groups is 1. The number of nitrogens with zero attached hydrogens (tertiary/aromatic N) is 1. The predicted molar refractivity (Wildman–Crippen MR) is 67.2 cm³/mol. The Morgan fingerprint density at radius 1 is 0.950 bits per heavy atom. The molecule has 9 nitrogen and oxygen atoms in total. The van der Waals surface area contributed by atoms with Crippen molar-refractivity contribution in [2.24, 2.45) is 4.99 Å². The van der Waals surface area contributed by atoms with Gasteiger partial charge in [0.05, 0.1) is 19.8 Å². The van der Waals surface area contributed by atoms with Gasteiger partial charge < -0.3 is 4.43 Å². The van der Waals surface area contributed by atoms with Crippen LogP contribution in [0, 0.1) is 0 Å². The minimum absolute atomic E-state index is 0.219. The van der Waals surface area contributed by atoms with Crippen LogP contribution in [0.3, 0.4) is 0 Å². The molecule has 0 amide bonds. The van der Waals surface area contributed by atoms with Crippen LogP contribution in [0.1, 0.15) is 34.1 Å². The molecule has 1 atom stereocenters. The Hall–Kier alpha value is -0.683. The maximum Gasteiger partial charge on any atom is 0.766 e. The quantitative estimate of drug-likeness (QED) is 0.166. The van der Waals surface area contributed by atoms with Crippen LogP contribution in [-0.2, 0) is 37.6 Å². The molecular formula is C10H21NO8Si. The Morgan fingerprint density at radius 2 is 1.40 bits per heavy atom. The van der Waals surface area contributed by atoms with E-state index in [1.54, 1.807) is 27.7 Å². The Morgan fingerprint density at radius 3 is 1.70 bits per heavy atom. The minimum atomic E-state index is -3.92. The van der Waals surface area contributed by atoms with E-state index in [1.807, 2.05) is 0 Å². The molecule has 0 saturated carbocycles. The molecule has 0 aromatic carbocycles. The van der Waals surface area contributed by atoms with Gasteiger partial charge in [-0.25, -0.2) is 19.5 Å². The van der Waals surface area contributed by atoms with Gasteiger partial charge >= 0.3 is 9.05 Å². The fourth-order valence-electron chi connectivity index (χ4n) is 0.920. The van der Waals surface area contributed by atoms with Crippen LogP contribution in [0.4, 0.5) is 0 Å². The van der Waals surface area contributed by atoms with Crippen molar-refractivity contribution in [3.05, 3.63) is 0 Å². The molecule has 118 valence electrons. The molecule has 20 heavy (non-hydrogen) atoms. The maximum atomic E-state index is 10.3. The molecule has 0 spiro atoms. The molecule has 0 radical (unpaired) electrons. The van der Waals surface area contributed by atoms with Gasteiger partial charge in [0.1, 0.15) is 0 Å². The first kappa shape index (κ1) is 19.3. The molecule has 0 bridgehead atoms. The monoisotopic (exact) mass is 311 g/mol. The summed E-state index contributed by atoms with van der Waals surface area (Å²) in [4.78, 5) is 28.2. The van der Waals surface area contributed by atoms with Gasteiger partial charge in [0.2, 0.25) is 6.08 Å². The summed E-state index contributed by atoms with van der Waals surface area (Å²) >= 11 is 0. The van der Waals surface area contributed by atoms with Gasteiger partial charge in [-0.3, -0.25) is 0 Å². The van der Waals surface area contributed by atoms with Gasteiger partial charge in [0.15, 0.2) is 6.23 Å². The van der Waals surface area contributed by atoms with Crippen molar-refractivity contribution in [1.82, 2.24) is 0 Å². The zero-order valence-corrected chi connectivity index (χ0v) is 13.1. The molecule has 0 rings (SSSR count). The molecule has 0 aliphatic carbocycles. The standard InChI is InChI=1S/C10H21NO8Si/c1-5-10(11-9-12)16-20(17-13-6-2,18-14-7-3)19-15-8-4/h10H,5-8H2,1-4H3. The number of isocyanates is 1. The number of hydrogen-bond acceptors (Lipinski definition) is 9. The van der Waals surface area contributed by atoms with Gasteiger partial charge in [0.25, 0.3) is 0 Å². The Bertz CT molecular complexity index is 265. The van der Waals surface area contributed by atoms with Crippen LogP contribution in [-0.4, -0.2) is 41.2 Å². The third-order valence-corrected chi connectivity index (χ3v) is 3.19. The normalized spacial score (nSPS) is 13.0. The maximum absolute atomic E-state index is 10.3. The summed E-state index contributed by atoms with van der Waals surface area (Å²) in [5.74, 6) is 0. The summed E-state index contributed by atoms with van der Waals surface area (Å²) in [6, 6.07) is 0. The van der Waals surface area contributed by atoms with E-state index in [2.05, 4.69) is 4.99 Å². The van der Waals surface area contributed by atoms with Crippen LogP contribution in [0.5, 0.6) is 0 Å². The van der Waals surface area contributed by atoms with Crippen molar-refractivity contribution in [2.45, 2.75) is 40.3 Å². The summed E-state index contributed by atoms with van der Waals surface area (Å²) in [5, 5.41) is 0. The zero-order valence-electron chi connectivity index (χ0n) is 12.1. The summed E-state index contributed by atoms with van der Waals surface area (Å²) in [6.07, 6.45) is 0.884. The fraction of sp³-hybridized carbons (Fsp3) is 0.900. The summed E-state index contributed by atoms with van der Waals surface area (Å²) < 4.78 is 20.4. The lowest BCUT2D eigenvalue weighted by atomic mass is 10.4. The minimum Gasteiger partial charge on any atom is -0.323 e. The Labute approximate surface area is 119 Å². The lowest BCUT2D eigenvalue weighted by Crippen LogP contribution is -2.51. The molecular weight excluding hydrogens is 290 g/mol. The third-order valence-electron chi connectivity index (χ3n) is 1.66. The number of rotatable bonds is 13. The third kappa shape index (κ3) is 7.80. The summed E-state index contributed by atoms with van der Waals surface area (Å²) in [6.45, 7) is 7.49. The highest BCUT2D eigenvalue weighted by molar-refractivity contribution is 6.52. The molecule has 0 aromatic heterocycles. The van der Waals surface area contributed by atoms with E-state index in [4.69, 9.17) is 32.8 Å².